The van der Waals surface area contributed by atoms with Crippen molar-refractivity contribution in [2.75, 3.05) is 26.7 Å². The van der Waals surface area contributed by atoms with E-state index in [1.165, 1.54) is 37.7 Å². The molecule has 1 N–H and O–H groups in total. The van der Waals surface area contributed by atoms with E-state index in [1.807, 2.05) is 6.07 Å². The van der Waals surface area contributed by atoms with Gasteiger partial charge in [-0.15, -0.1) is 0 Å². The van der Waals surface area contributed by atoms with E-state index in [1.54, 1.807) is 13.3 Å². The minimum atomic E-state index is 0.668. The van der Waals surface area contributed by atoms with Gasteiger partial charge >= 0.3 is 0 Å². The third-order valence-corrected chi connectivity index (χ3v) is 4.95. The SMILES string of the molecule is COc1ncccc1CN1CCNC(C2CCCCC2)C1. The lowest BCUT2D eigenvalue weighted by atomic mass is 9.83. The van der Waals surface area contributed by atoms with Crippen molar-refractivity contribution in [1.82, 2.24) is 15.2 Å². The Balaban J connectivity index is 1.60. The van der Waals surface area contributed by atoms with Crippen LogP contribution in [0.1, 0.15) is 37.7 Å². The van der Waals surface area contributed by atoms with Gasteiger partial charge in [0.05, 0.1) is 7.11 Å². The van der Waals surface area contributed by atoms with Crippen molar-refractivity contribution < 1.29 is 4.74 Å². The van der Waals surface area contributed by atoms with Gasteiger partial charge in [0.1, 0.15) is 0 Å². The molecule has 2 heterocycles. The van der Waals surface area contributed by atoms with Crippen LogP contribution in [0.25, 0.3) is 0 Å². The normalized spacial score (nSPS) is 24.9. The van der Waals surface area contributed by atoms with Gasteiger partial charge < -0.3 is 10.1 Å². The number of methoxy groups -OCH3 is 1. The molecule has 1 saturated heterocycles. The minimum Gasteiger partial charge on any atom is -0.481 e. The first-order valence-electron chi connectivity index (χ1n) is 8.30. The molecule has 1 aliphatic carbocycles. The molecule has 21 heavy (non-hydrogen) atoms. The van der Waals surface area contributed by atoms with Gasteiger partial charge in [0, 0.05) is 44.0 Å². The van der Waals surface area contributed by atoms with Crippen molar-refractivity contribution >= 4 is 0 Å². The van der Waals surface area contributed by atoms with Crippen LogP contribution < -0.4 is 10.1 Å². The van der Waals surface area contributed by atoms with Crippen molar-refractivity contribution in [2.24, 2.45) is 5.92 Å². The van der Waals surface area contributed by atoms with Gasteiger partial charge in [-0.05, 0) is 24.8 Å². The molecule has 3 rings (SSSR count). The van der Waals surface area contributed by atoms with Crippen LogP contribution in [0.3, 0.4) is 0 Å². The number of nitrogens with one attached hydrogen (secondary N) is 1. The van der Waals surface area contributed by atoms with E-state index in [-0.39, 0.29) is 0 Å². The number of pyridine rings is 1. The molecule has 1 unspecified atom stereocenters. The van der Waals surface area contributed by atoms with Crippen molar-refractivity contribution in [1.29, 1.82) is 0 Å². The molecule has 0 aromatic carbocycles. The fraction of sp³-hybridized carbons (Fsp3) is 0.706. The summed E-state index contributed by atoms with van der Waals surface area (Å²) in [7, 11) is 1.70. The summed E-state index contributed by atoms with van der Waals surface area (Å²) >= 11 is 0. The number of rotatable bonds is 4. The summed E-state index contributed by atoms with van der Waals surface area (Å²) in [5.41, 5.74) is 1.20. The summed E-state index contributed by atoms with van der Waals surface area (Å²) in [4.78, 5) is 6.86. The van der Waals surface area contributed by atoms with Gasteiger partial charge in [-0.2, -0.15) is 0 Å². The van der Waals surface area contributed by atoms with Crippen LogP contribution in [0, 0.1) is 5.92 Å². The van der Waals surface area contributed by atoms with Gasteiger partial charge in [-0.25, -0.2) is 4.98 Å². The monoisotopic (exact) mass is 289 g/mol. The van der Waals surface area contributed by atoms with E-state index >= 15 is 0 Å². The molecule has 4 heteroatoms. The molecule has 0 bridgehead atoms. The van der Waals surface area contributed by atoms with Crippen LogP contribution in [0.5, 0.6) is 5.88 Å². The van der Waals surface area contributed by atoms with Gasteiger partial charge in [-0.3, -0.25) is 4.90 Å². The summed E-state index contributed by atoms with van der Waals surface area (Å²) in [6, 6.07) is 4.80. The number of ether oxygens (including phenoxy) is 1. The summed E-state index contributed by atoms with van der Waals surface area (Å²) in [5, 5.41) is 3.74. The Morgan fingerprint density at radius 2 is 2.19 bits per heavy atom. The highest BCUT2D eigenvalue weighted by atomic mass is 16.5. The highest BCUT2D eigenvalue weighted by Crippen LogP contribution is 2.28. The predicted molar refractivity (Wildman–Crippen MR) is 84.4 cm³/mol. The lowest BCUT2D eigenvalue weighted by molar-refractivity contribution is 0.140. The molecule has 0 amide bonds. The van der Waals surface area contributed by atoms with Crippen molar-refractivity contribution in [3.05, 3.63) is 23.9 Å². The highest BCUT2D eigenvalue weighted by molar-refractivity contribution is 5.25. The Labute approximate surface area is 127 Å². The Morgan fingerprint density at radius 1 is 1.33 bits per heavy atom. The van der Waals surface area contributed by atoms with Crippen LogP contribution >= 0.6 is 0 Å². The van der Waals surface area contributed by atoms with Crippen molar-refractivity contribution in [3.8, 4) is 5.88 Å². The molecule has 2 fully saturated rings. The zero-order valence-electron chi connectivity index (χ0n) is 13.1. The van der Waals surface area contributed by atoms with E-state index in [9.17, 15) is 0 Å². The Hall–Kier alpha value is -1.13. The van der Waals surface area contributed by atoms with Crippen molar-refractivity contribution in [3.63, 3.8) is 0 Å². The standard InChI is InChI=1S/C17H27N3O/c1-21-17-15(8-5-9-19-17)12-20-11-10-18-16(13-20)14-6-3-2-4-7-14/h5,8-9,14,16,18H,2-4,6-7,10-13H2,1H3. The van der Waals surface area contributed by atoms with E-state index in [2.05, 4.69) is 21.3 Å². The molecule has 0 radical (unpaired) electrons. The highest BCUT2D eigenvalue weighted by Gasteiger charge is 2.28. The number of nitrogens with zero attached hydrogens (tertiary/aromatic N) is 2. The summed E-state index contributed by atoms with van der Waals surface area (Å²) < 4.78 is 5.38. The van der Waals surface area contributed by atoms with Crippen molar-refractivity contribution in [2.45, 2.75) is 44.7 Å². The summed E-state index contributed by atoms with van der Waals surface area (Å²) in [6.07, 6.45) is 8.87. The van der Waals surface area contributed by atoms with E-state index < -0.39 is 0 Å². The second-order valence-corrected chi connectivity index (χ2v) is 6.37. The van der Waals surface area contributed by atoms with Crippen LogP contribution in [0.15, 0.2) is 18.3 Å². The molecule has 1 saturated carbocycles. The van der Waals surface area contributed by atoms with Gasteiger partial charge in [0.2, 0.25) is 5.88 Å². The molecule has 2 aliphatic rings. The Bertz CT molecular complexity index is 445. The quantitative estimate of drug-likeness (QED) is 0.924. The van der Waals surface area contributed by atoms with E-state index in [0.717, 1.165) is 38.0 Å². The molecule has 1 aromatic rings. The summed E-state index contributed by atoms with van der Waals surface area (Å²) in [5.74, 6) is 1.64. The predicted octanol–water partition coefficient (Wildman–Crippen LogP) is 2.44. The van der Waals surface area contributed by atoms with Crippen LogP contribution in [0.4, 0.5) is 0 Å². The Kier molecular flexibility index (Phi) is 5.09. The average Bonchev–Trinajstić information content (AvgIpc) is 2.56. The number of aromatic nitrogens is 1. The number of piperazine rings is 1. The molecule has 0 spiro atoms. The second kappa shape index (κ2) is 7.23. The maximum Gasteiger partial charge on any atom is 0.217 e. The maximum atomic E-state index is 5.38. The molecule has 1 aromatic heterocycles. The molecule has 116 valence electrons. The fourth-order valence-corrected chi connectivity index (χ4v) is 3.81. The molecule has 4 nitrogen and oxygen atoms in total. The first kappa shape index (κ1) is 14.8. The van der Waals surface area contributed by atoms with E-state index in [4.69, 9.17) is 4.74 Å². The van der Waals surface area contributed by atoms with Crippen LogP contribution in [-0.4, -0.2) is 42.7 Å². The molecule has 1 atom stereocenters. The molecule has 1 aliphatic heterocycles. The van der Waals surface area contributed by atoms with Gasteiger partial charge in [-0.1, -0.05) is 25.3 Å². The lowest BCUT2D eigenvalue weighted by Gasteiger charge is -2.39. The third kappa shape index (κ3) is 3.74. The maximum absolute atomic E-state index is 5.38. The second-order valence-electron chi connectivity index (χ2n) is 6.37. The van der Waals surface area contributed by atoms with Gasteiger partial charge in [0.25, 0.3) is 0 Å². The zero-order valence-corrected chi connectivity index (χ0v) is 13.1. The molecular weight excluding hydrogens is 262 g/mol. The zero-order chi connectivity index (χ0) is 14.5. The number of hydrogen-bond donors (Lipinski definition) is 1. The topological polar surface area (TPSA) is 37.4 Å². The number of hydrogen-bond acceptors (Lipinski definition) is 4. The first-order valence-corrected chi connectivity index (χ1v) is 8.30. The smallest absolute Gasteiger partial charge is 0.217 e. The average molecular weight is 289 g/mol. The van der Waals surface area contributed by atoms with Gasteiger partial charge in [0.15, 0.2) is 0 Å². The minimum absolute atomic E-state index is 0.668. The van der Waals surface area contributed by atoms with Crippen LogP contribution in [0.2, 0.25) is 0 Å². The largest absolute Gasteiger partial charge is 0.481 e. The molecular formula is C17H27N3O. The fourth-order valence-electron chi connectivity index (χ4n) is 3.81. The van der Waals surface area contributed by atoms with E-state index in [0.29, 0.717) is 6.04 Å². The van der Waals surface area contributed by atoms with Crippen LogP contribution in [-0.2, 0) is 6.54 Å². The first-order chi connectivity index (χ1) is 10.4. The lowest BCUT2D eigenvalue weighted by Crippen LogP contribution is -2.53. The summed E-state index contributed by atoms with van der Waals surface area (Å²) in [6.45, 7) is 4.32. The Morgan fingerprint density at radius 3 is 3.00 bits per heavy atom. The third-order valence-electron chi connectivity index (χ3n) is 4.95.